The second-order valence-electron chi connectivity index (χ2n) is 9.24. The summed E-state index contributed by atoms with van der Waals surface area (Å²) in [6.45, 7) is 0. The van der Waals surface area contributed by atoms with Crippen LogP contribution in [0.25, 0.3) is 12.2 Å². The minimum Gasteiger partial charge on any atom is -0.298 e. The molecule has 4 aliphatic rings. The number of benzene rings is 2. The van der Waals surface area contributed by atoms with Crippen LogP contribution in [0, 0.1) is 17.8 Å². The lowest BCUT2D eigenvalue weighted by Crippen LogP contribution is -2.21. The smallest absolute Gasteiger partial charge is 0.149 e. The van der Waals surface area contributed by atoms with Crippen LogP contribution in [0.3, 0.4) is 0 Å². The quantitative estimate of drug-likeness (QED) is 0.491. The van der Waals surface area contributed by atoms with Crippen LogP contribution in [0.15, 0.2) is 109 Å². The average molecular weight is 415 g/mol. The molecule has 0 radical (unpaired) electrons. The number of rotatable bonds is 4. The van der Waals surface area contributed by atoms with E-state index in [9.17, 15) is 4.79 Å². The Balaban J connectivity index is 1.26. The number of carbonyl (C=O) groups excluding carboxylic acids is 1. The maximum atomic E-state index is 13.3. The third kappa shape index (κ3) is 3.29. The highest BCUT2D eigenvalue weighted by Gasteiger charge is 2.55. The molecule has 5 atom stereocenters. The molecule has 0 aromatic heterocycles. The number of hydrogen-bond acceptors (Lipinski definition) is 1. The Morgan fingerprint density at radius 1 is 0.781 bits per heavy atom. The van der Waals surface area contributed by atoms with Crippen molar-refractivity contribution < 1.29 is 4.79 Å². The van der Waals surface area contributed by atoms with Crippen LogP contribution < -0.4 is 0 Å². The molecular formula is C31H26O. The summed E-state index contributed by atoms with van der Waals surface area (Å²) in [6, 6.07) is 16.9. The van der Waals surface area contributed by atoms with E-state index < -0.39 is 0 Å². The van der Waals surface area contributed by atoms with Crippen LogP contribution in [0.1, 0.15) is 40.5 Å². The summed E-state index contributed by atoms with van der Waals surface area (Å²) in [5, 5.41) is 0. The van der Waals surface area contributed by atoms with Gasteiger partial charge in [0.1, 0.15) is 5.78 Å². The van der Waals surface area contributed by atoms with Crippen molar-refractivity contribution in [1.82, 2.24) is 0 Å². The maximum absolute atomic E-state index is 13.3. The molecule has 0 N–H and O–H groups in total. The molecular weight excluding hydrogens is 388 g/mol. The fourth-order valence-electron chi connectivity index (χ4n) is 5.78. The van der Waals surface area contributed by atoms with Crippen molar-refractivity contribution in [3.8, 4) is 0 Å². The molecule has 4 aliphatic carbocycles. The molecule has 1 fully saturated rings. The van der Waals surface area contributed by atoms with Crippen LogP contribution in [0.2, 0.25) is 0 Å². The highest BCUT2D eigenvalue weighted by Crippen LogP contribution is 2.59. The molecule has 0 saturated heterocycles. The van der Waals surface area contributed by atoms with Gasteiger partial charge in [0.25, 0.3) is 0 Å². The Morgan fingerprint density at radius 3 is 2.47 bits per heavy atom. The number of hydrogen-bond donors (Lipinski definition) is 0. The highest BCUT2D eigenvalue weighted by molar-refractivity contribution is 6.01. The SMILES string of the molecule is O=C1[C@@H]2c3cc(/C=C/c4ccccc4)ccc3[C@H]1C1C=C(/C=C/C3C=CC=CC3)C=CC12. The molecule has 2 bridgehead atoms. The number of allylic oxidation sites excluding steroid dienone is 10. The summed E-state index contributed by atoms with van der Waals surface area (Å²) in [7, 11) is 0. The van der Waals surface area contributed by atoms with Crippen LogP contribution >= 0.6 is 0 Å². The number of Topliss-reactive ketones (excluding diaryl/α,β-unsaturated/α-hetero) is 1. The zero-order valence-electron chi connectivity index (χ0n) is 18.0. The van der Waals surface area contributed by atoms with Gasteiger partial charge in [-0.1, -0.05) is 115 Å². The van der Waals surface area contributed by atoms with Gasteiger partial charge in [-0.15, -0.1) is 0 Å². The predicted octanol–water partition coefficient (Wildman–Crippen LogP) is 7.04. The third-order valence-electron chi connectivity index (χ3n) is 7.32. The molecule has 0 aliphatic heterocycles. The van der Waals surface area contributed by atoms with Crippen molar-refractivity contribution >= 4 is 17.9 Å². The van der Waals surface area contributed by atoms with Crippen molar-refractivity contribution in [3.05, 3.63) is 131 Å². The van der Waals surface area contributed by atoms with Crippen molar-refractivity contribution in [2.24, 2.45) is 17.8 Å². The van der Waals surface area contributed by atoms with E-state index in [4.69, 9.17) is 0 Å². The summed E-state index contributed by atoms with van der Waals surface area (Å²) in [5.41, 5.74) is 6.07. The topological polar surface area (TPSA) is 17.1 Å². The van der Waals surface area contributed by atoms with E-state index in [1.807, 2.05) is 6.07 Å². The molecule has 3 unspecified atom stereocenters. The Bertz CT molecular complexity index is 1230. The first kappa shape index (κ1) is 19.3. The van der Waals surface area contributed by atoms with Crippen molar-refractivity contribution in [1.29, 1.82) is 0 Å². The Labute approximate surface area is 189 Å². The van der Waals surface area contributed by atoms with Crippen molar-refractivity contribution in [3.63, 3.8) is 0 Å². The second kappa shape index (κ2) is 7.91. The van der Waals surface area contributed by atoms with E-state index in [0.29, 0.717) is 17.6 Å². The van der Waals surface area contributed by atoms with Gasteiger partial charge in [0.2, 0.25) is 0 Å². The van der Waals surface area contributed by atoms with Gasteiger partial charge < -0.3 is 0 Å². The molecule has 32 heavy (non-hydrogen) atoms. The van der Waals surface area contributed by atoms with Gasteiger partial charge in [0.15, 0.2) is 0 Å². The van der Waals surface area contributed by atoms with Gasteiger partial charge in [0, 0.05) is 0 Å². The molecule has 1 saturated carbocycles. The minimum absolute atomic E-state index is 0.00881. The van der Waals surface area contributed by atoms with Gasteiger partial charge in [-0.3, -0.25) is 4.79 Å². The molecule has 0 spiro atoms. The van der Waals surface area contributed by atoms with Gasteiger partial charge in [-0.25, -0.2) is 0 Å². The second-order valence-corrected chi connectivity index (χ2v) is 9.24. The Kier molecular flexibility index (Phi) is 4.76. The van der Waals surface area contributed by atoms with Gasteiger partial charge in [0.05, 0.1) is 11.8 Å². The minimum atomic E-state index is 0.00881. The molecule has 2 aromatic rings. The normalized spacial score (nSPS) is 29.7. The lowest BCUT2D eigenvalue weighted by Gasteiger charge is -2.30. The standard InChI is InChI=1S/C31H26O/c32-31-29-26-18-16-24(14-12-22-9-5-2-6-10-22)20-28(26)30(31)25-17-15-23(19-27(25)29)13-11-21-7-3-1-4-8-21/h1-9,11-20,22,26,28-30H,10H2/b13-11+,14-12+/t22?,26?,28?,29-,30-/m0/s1. The fraction of sp³-hybridized carbons (Fsp3) is 0.194. The molecule has 0 amide bonds. The average Bonchev–Trinajstić information content (AvgIpc) is 3.29. The number of fused-ring (bicyclic) bond motifs is 8. The Morgan fingerprint density at radius 2 is 1.62 bits per heavy atom. The van der Waals surface area contributed by atoms with Crippen LogP contribution in [-0.4, -0.2) is 5.78 Å². The number of carbonyl (C=O) groups is 1. The van der Waals surface area contributed by atoms with Gasteiger partial charge >= 0.3 is 0 Å². The summed E-state index contributed by atoms with van der Waals surface area (Å²) >= 11 is 0. The van der Waals surface area contributed by atoms with E-state index >= 15 is 0 Å². The molecule has 0 heterocycles. The van der Waals surface area contributed by atoms with Crippen molar-refractivity contribution in [2.45, 2.75) is 18.3 Å². The summed E-state index contributed by atoms with van der Waals surface area (Å²) in [5.74, 6) is 1.48. The first-order valence-electron chi connectivity index (χ1n) is 11.6. The summed E-state index contributed by atoms with van der Waals surface area (Å²) in [4.78, 5) is 13.3. The molecule has 2 aromatic carbocycles. The molecule has 156 valence electrons. The first-order valence-corrected chi connectivity index (χ1v) is 11.6. The van der Waals surface area contributed by atoms with Gasteiger partial charge in [-0.2, -0.15) is 0 Å². The van der Waals surface area contributed by atoms with Gasteiger partial charge in [-0.05, 0) is 52.0 Å². The van der Waals surface area contributed by atoms with E-state index in [1.165, 1.54) is 22.3 Å². The molecule has 6 rings (SSSR count). The maximum Gasteiger partial charge on any atom is 0.149 e. The Hall–Kier alpha value is -3.45. The molecule has 1 nitrogen and oxygen atoms in total. The van der Waals surface area contributed by atoms with E-state index in [1.54, 1.807) is 0 Å². The fourth-order valence-corrected chi connectivity index (χ4v) is 5.78. The summed E-state index contributed by atoms with van der Waals surface area (Å²) in [6.07, 6.45) is 25.4. The summed E-state index contributed by atoms with van der Waals surface area (Å²) < 4.78 is 0. The van der Waals surface area contributed by atoms with E-state index in [0.717, 1.165) is 12.0 Å². The molecule has 1 heteroatoms. The lowest BCUT2D eigenvalue weighted by atomic mass is 9.72. The zero-order chi connectivity index (χ0) is 21.5. The van der Waals surface area contributed by atoms with Crippen LogP contribution in [0.4, 0.5) is 0 Å². The zero-order valence-corrected chi connectivity index (χ0v) is 18.0. The van der Waals surface area contributed by atoms with Crippen molar-refractivity contribution in [2.75, 3.05) is 0 Å². The number of ketones is 1. The lowest BCUT2D eigenvalue weighted by molar-refractivity contribution is -0.119. The van der Waals surface area contributed by atoms with E-state index in [2.05, 4.69) is 109 Å². The largest absolute Gasteiger partial charge is 0.298 e. The van der Waals surface area contributed by atoms with E-state index in [-0.39, 0.29) is 17.8 Å². The monoisotopic (exact) mass is 414 g/mol. The van der Waals surface area contributed by atoms with Crippen LogP contribution in [-0.2, 0) is 4.79 Å². The van der Waals surface area contributed by atoms with Crippen LogP contribution in [0.5, 0.6) is 0 Å². The highest BCUT2D eigenvalue weighted by atomic mass is 16.1. The predicted molar refractivity (Wildman–Crippen MR) is 132 cm³/mol. The first-order chi connectivity index (χ1) is 15.8. The third-order valence-corrected chi connectivity index (χ3v) is 7.32.